The first-order valence-electron chi connectivity index (χ1n) is 9.43. The van der Waals surface area contributed by atoms with Gasteiger partial charge in [0.25, 0.3) is 0 Å². The molecule has 5 nitrogen and oxygen atoms in total. The molecule has 1 saturated heterocycles. The molecule has 3 rings (SSSR count). The molecule has 0 atom stereocenters. The van der Waals surface area contributed by atoms with Crippen molar-refractivity contribution in [2.75, 3.05) is 39.3 Å². The Hall–Kier alpha value is -1.92. The summed E-state index contributed by atoms with van der Waals surface area (Å²) >= 11 is 1.85. The van der Waals surface area contributed by atoms with Crippen LogP contribution in [-0.4, -0.2) is 60.0 Å². The predicted octanol–water partition coefficient (Wildman–Crippen LogP) is 2.78. The number of aromatic nitrogens is 1. The summed E-state index contributed by atoms with van der Waals surface area (Å²) in [7, 11) is 0. The third-order valence-corrected chi connectivity index (χ3v) is 5.61. The topological polar surface area (TPSA) is 43.8 Å². The first-order valence-corrected chi connectivity index (χ1v) is 10.3. The van der Waals surface area contributed by atoms with Gasteiger partial charge in [-0.05, 0) is 48.9 Å². The van der Waals surface area contributed by atoms with Crippen molar-refractivity contribution in [2.24, 2.45) is 4.99 Å². The van der Waals surface area contributed by atoms with Crippen LogP contribution in [-0.2, 0) is 13.0 Å². The van der Waals surface area contributed by atoms with Gasteiger partial charge < -0.3 is 10.2 Å². The molecule has 140 valence electrons. The average molecular weight is 372 g/mol. The van der Waals surface area contributed by atoms with E-state index in [0.717, 1.165) is 58.2 Å². The lowest BCUT2D eigenvalue weighted by molar-refractivity contribution is 0.173. The molecule has 1 fully saturated rings. The number of rotatable bonds is 6. The van der Waals surface area contributed by atoms with Gasteiger partial charge in [0.1, 0.15) is 0 Å². The van der Waals surface area contributed by atoms with Gasteiger partial charge in [-0.3, -0.25) is 14.9 Å². The molecule has 0 aliphatic carbocycles. The molecule has 0 unspecified atom stereocenters. The van der Waals surface area contributed by atoms with Crippen LogP contribution in [0.4, 0.5) is 0 Å². The van der Waals surface area contributed by atoms with Gasteiger partial charge in [0.15, 0.2) is 5.96 Å². The lowest BCUT2D eigenvalue weighted by atomic mass is 10.1. The van der Waals surface area contributed by atoms with Crippen LogP contribution in [0.5, 0.6) is 0 Å². The smallest absolute Gasteiger partial charge is 0.194 e. The first kappa shape index (κ1) is 18.9. The zero-order valence-corrected chi connectivity index (χ0v) is 16.6. The van der Waals surface area contributed by atoms with E-state index in [4.69, 9.17) is 4.99 Å². The van der Waals surface area contributed by atoms with Crippen LogP contribution < -0.4 is 5.32 Å². The normalized spacial score (nSPS) is 16.1. The molecule has 1 aliphatic rings. The third kappa shape index (κ3) is 5.29. The molecule has 0 amide bonds. The number of hydrogen-bond donors (Lipinski definition) is 1. The fraction of sp³-hybridized carbons (Fsp3) is 0.500. The zero-order chi connectivity index (χ0) is 18.2. The van der Waals surface area contributed by atoms with Crippen molar-refractivity contribution < 1.29 is 0 Å². The number of aryl methyl sites for hydroxylation is 1. The number of thiophene rings is 1. The third-order valence-electron chi connectivity index (χ3n) is 4.75. The average Bonchev–Trinajstić information content (AvgIpc) is 3.16. The van der Waals surface area contributed by atoms with Crippen LogP contribution >= 0.6 is 11.3 Å². The van der Waals surface area contributed by atoms with Crippen LogP contribution in [0.3, 0.4) is 0 Å². The van der Waals surface area contributed by atoms with Crippen molar-refractivity contribution in [1.29, 1.82) is 0 Å². The van der Waals surface area contributed by atoms with Crippen LogP contribution in [0.15, 0.2) is 41.0 Å². The Bertz CT molecular complexity index is 690. The number of pyridine rings is 1. The molecular weight excluding hydrogens is 342 g/mol. The number of nitrogens with one attached hydrogen (secondary N) is 1. The molecule has 6 heteroatoms. The van der Waals surface area contributed by atoms with Gasteiger partial charge in [-0.15, -0.1) is 11.3 Å². The fourth-order valence-electron chi connectivity index (χ4n) is 3.23. The highest BCUT2D eigenvalue weighted by Gasteiger charge is 2.19. The van der Waals surface area contributed by atoms with Gasteiger partial charge in [-0.1, -0.05) is 6.07 Å². The lowest BCUT2D eigenvalue weighted by Gasteiger charge is -2.36. The number of piperazine rings is 1. The van der Waals surface area contributed by atoms with Crippen molar-refractivity contribution >= 4 is 17.3 Å². The van der Waals surface area contributed by atoms with E-state index in [1.165, 1.54) is 16.0 Å². The summed E-state index contributed by atoms with van der Waals surface area (Å²) in [6, 6.07) is 6.46. The second-order valence-corrected chi connectivity index (χ2v) is 7.66. The van der Waals surface area contributed by atoms with Gasteiger partial charge in [0.2, 0.25) is 0 Å². The molecule has 2 aromatic rings. The monoisotopic (exact) mass is 371 g/mol. The second kappa shape index (κ2) is 9.69. The Balaban J connectivity index is 1.52. The summed E-state index contributed by atoms with van der Waals surface area (Å²) in [4.78, 5) is 15.4. The molecule has 26 heavy (non-hydrogen) atoms. The van der Waals surface area contributed by atoms with Crippen molar-refractivity contribution in [3.63, 3.8) is 0 Å². The summed E-state index contributed by atoms with van der Waals surface area (Å²) in [5, 5.41) is 5.62. The zero-order valence-electron chi connectivity index (χ0n) is 15.8. The summed E-state index contributed by atoms with van der Waals surface area (Å²) in [5.74, 6) is 1.05. The summed E-state index contributed by atoms with van der Waals surface area (Å²) in [5.41, 5.74) is 2.58. The lowest BCUT2D eigenvalue weighted by Crippen LogP contribution is -2.52. The van der Waals surface area contributed by atoms with E-state index in [0.29, 0.717) is 0 Å². The van der Waals surface area contributed by atoms with Crippen molar-refractivity contribution in [1.82, 2.24) is 20.1 Å². The van der Waals surface area contributed by atoms with Crippen LogP contribution in [0.25, 0.3) is 0 Å². The summed E-state index contributed by atoms with van der Waals surface area (Å²) in [6.07, 6.45) is 4.75. The maximum absolute atomic E-state index is 4.87. The van der Waals surface area contributed by atoms with Crippen molar-refractivity contribution in [3.8, 4) is 0 Å². The molecular formula is C20H29N5S. The Labute approximate surface area is 160 Å². The van der Waals surface area contributed by atoms with Crippen LogP contribution in [0, 0.1) is 6.92 Å². The highest BCUT2D eigenvalue weighted by molar-refractivity contribution is 7.09. The van der Waals surface area contributed by atoms with Crippen molar-refractivity contribution in [2.45, 2.75) is 26.8 Å². The Kier molecular flexibility index (Phi) is 7.03. The molecule has 0 saturated carbocycles. The quantitative estimate of drug-likeness (QED) is 0.626. The van der Waals surface area contributed by atoms with E-state index in [1.807, 2.05) is 23.7 Å². The van der Waals surface area contributed by atoms with Gasteiger partial charge >= 0.3 is 0 Å². The highest BCUT2D eigenvalue weighted by atomic mass is 32.1. The number of nitrogens with zero attached hydrogens (tertiary/aromatic N) is 4. The minimum Gasteiger partial charge on any atom is -0.357 e. The maximum Gasteiger partial charge on any atom is 0.194 e. The van der Waals surface area contributed by atoms with E-state index in [2.05, 4.69) is 57.5 Å². The number of guanidine groups is 1. The molecule has 0 bridgehead atoms. The fourth-order valence-corrected chi connectivity index (χ4v) is 3.98. The van der Waals surface area contributed by atoms with Crippen LogP contribution in [0.2, 0.25) is 0 Å². The van der Waals surface area contributed by atoms with E-state index < -0.39 is 0 Å². The predicted molar refractivity (Wildman–Crippen MR) is 110 cm³/mol. The maximum atomic E-state index is 4.87. The molecule has 0 radical (unpaired) electrons. The van der Waals surface area contributed by atoms with Gasteiger partial charge in [-0.25, -0.2) is 0 Å². The van der Waals surface area contributed by atoms with E-state index in [-0.39, 0.29) is 0 Å². The SMILES string of the molecule is CCNC(=NCCc1ccncc1C)N1CCN(Cc2cccs2)CC1. The summed E-state index contributed by atoms with van der Waals surface area (Å²) in [6.45, 7) is 11.3. The molecule has 0 aromatic carbocycles. The molecule has 1 N–H and O–H groups in total. The Morgan fingerprint density at radius 1 is 1.27 bits per heavy atom. The molecule has 1 aliphatic heterocycles. The molecule has 2 aromatic heterocycles. The van der Waals surface area contributed by atoms with E-state index in [1.54, 1.807) is 0 Å². The molecule has 3 heterocycles. The minimum atomic E-state index is 0.808. The highest BCUT2D eigenvalue weighted by Crippen LogP contribution is 2.13. The Morgan fingerprint density at radius 3 is 2.81 bits per heavy atom. The largest absolute Gasteiger partial charge is 0.357 e. The van der Waals surface area contributed by atoms with E-state index >= 15 is 0 Å². The van der Waals surface area contributed by atoms with Gasteiger partial charge in [0.05, 0.1) is 0 Å². The first-order chi connectivity index (χ1) is 12.8. The van der Waals surface area contributed by atoms with E-state index in [9.17, 15) is 0 Å². The number of aliphatic imine (C=N–C) groups is 1. The summed E-state index contributed by atoms with van der Waals surface area (Å²) < 4.78 is 0. The van der Waals surface area contributed by atoms with Crippen molar-refractivity contribution in [3.05, 3.63) is 52.0 Å². The number of hydrogen-bond acceptors (Lipinski definition) is 4. The molecule has 0 spiro atoms. The minimum absolute atomic E-state index is 0.808. The second-order valence-electron chi connectivity index (χ2n) is 6.63. The van der Waals surface area contributed by atoms with Crippen LogP contribution in [0.1, 0.15) is 22.9 Å². The standard InChI is InChI=1S/C20H29N5S/c1-3-22-20(23-9-7-18-6-8-21-15-17(18)2)25-12-10-24(11-13-25)16-19-5-4-14-26-19/h4-6,8,14-15H,3,7,9-13,16H2,1-2H3,(H,22,23). The Morgan fingerprint density at radius 2 is 2.12 bits per heavy atom. The van der Waals surface area contributed by atoms with Gasteiger partial charge in [-0.2, -0.15) is 0 Å². The van der Waals surface area contributed by atoms with Gasteiger partial charge in [0, 0.05) is 63.1 Å².